The maximum Gasteiger partial charge on any atom is 0.0543 e. The van der Waals surface area contributed by atoms with Gasteiger partial charge < -0.3 is 9.47 Å². The summed E-state index contributed by atoms with van der Waals surface area (Å²) in [6, 6.07) is 63.0. The minimum atomic E-state index is -0.0592. The molecule has 260 valence electrons. The highest BCUT2D eigenvalue weighted by Crippen LogP contribution is 2.63. The largest absolute Gasteiger partial charge is 0.310 e. The molecular weight excluding hydrogens is 653 g/mol. The van der Waals surface area contributed by atoms with Crippen LogP contribution in [0.5, 0.6) is 0 Å². The lowest BCUT2D eigenvalue weighted by Crippen LogP contribution is -2.36. The van der Waals surface area contributed by atoms with Gasteiger partial charge in [0.05, 0.1) is 16.7 Å². The molecule has 1 spiro atoms. The van der Waals surface area contributed by atoms with E-state index in [-0.39, 0.29) is 5.41 Å². The fraction of sp³-hybridized carbons (Fsp3) is 0.154. The fourth-order valence-electron chi connectivity index (χ4n) is 10.5. The standard InChI is InChI=1S/C52H42N2/c1-35-32-36-30-31-52(39(33-35)34-36)46-17-8-5-16-45(46)51-47(52)18-11-21-50(51)53(40-24-22-38(23-25-40)37-12-3-2-4-13-37)41-26-28-42(29-27-41)54-48-19-9-6-14-43(48)44-15-7-10-20-49(44)54/h2-29,33,35-36H,30-32,34H2,1H3. The number of benzene rings is 7. The van der Waals surface area contributed by atoms with Gasteiger partial charge in [0.15, 0.2) is 0 Å². The van der Waals surface area contributed by atoms with E-state index in [0.29, 0.717) is 5.92 Å². The first-order valence-corrected chi connectivity index (χ1v) is 19.7. The summed E-state index contributed by atoms with van der Waals surface area (Å²) in [6.07, 6.45) is 7.65. The Kier molecular flexibility index (Phi) is 7.11. The highest BCUT2D eigenvalue weighted by molar-refractivity contribution is 6.09. The van der Waals surface area contributed by atoms with Gasteiger partial charge in [-0.2, -0.15) is 0 Å². The summed E-state index contributed by atoms with van der Waals surface area (Å²) in [7, 11) is 0. The van der Waals surface area contributed by atoms with Crippen molar-refractivity contribution in [3.05, 3.63) is 193 Å². The molecule has 8 aromatic rings. The zero-order chi connectivity index (χ0) is 35.8. The first kappa shape index (κ1) is 31.4. The summed E-state index contributed by atoms with van der Waals surface area (Å²) in [6.45, 7) is 2.42. The number of hydrogen-bond donors (Lipinski definition) is 0. The molecule has 2 heteroatoms. The highest BCUT2D eigenvalue weighted by Gasteiger charge is 2.50. The second-order valence-corrected chi connectivity index (χ2v) is 15.8. The number of allylic oxidation sites excluding steroid dienone is 2. The first-order valence-electron chi connectivity index (χ1n) is 19.7. The Morgan fingerprint density at radius 3 is 1.93 bits per heavy atom. The molecule has 3 unspecified atom stereocenters. The van der Waals surface area contributed by atoms with Crippen LogP contribution in [0, 0.1) is 11.8 Å². The summed E-state index contributed by atoms with van der Waals surface area (Å²) in [5.74, 6) is 1.43. The van der Waals surface area contributed by atoms with Crippen LogP contribution >= 0.6 is 0 Å². The third-order valence-corrected chi connectivity index (χ3v) is 12.8. The van der Waals surface area contributed by atoms with Crippen LogP contribution in [-0.2, 0) is 5.41 Å². The second-order valence-electron chi connectivity index (χ2n) is 15.8. The molecule has 1 saturated carbocycles. The van der Waals surface area contributed by atoms with Crippen molar-refractivity contribution >= 4 is 38.9 Å². The smallest absolute Gasteiger partial charge is 0.0543 e. The van der Waals surface area contributed by atoms with Crippen LogP contribution in [-0.4, -0.2) is 4.57 Å². The van der Waals surface area contributed by atoms with Crippen molar-refractivity contribution in [1.29, 1.82) is 0 Å². The molecule has 11 rings (SSSR count). The van der Waals surface area contributed by atoms with E-state index in [1.807, 2.05) is 0 Å². The van der Waals surface area contributed by atoms with Crippen molar-refractivity contribution in [3.8, 4) is 27.9 Å². The van der Waals surface area contributed by atoms with E-state index in [2.05, 4.69) is 192 Å². The van der Waals surface area contributed by atoms with Crippen LogP contribution in [0.15, 0.2) is 182 Å². The molecule has 54 heavy (non-hydrogen) atoms. The Hall–Kier alpha value is -6.12. The predicted molar refractivity (Wildman–Crippen MR) is 226 cm³/mol. The molecule has 0 N–H and O–H groups in total. The van der Waals surface area contributed by atoms with E-state index in [0.717, 1.165) is 23.0 Å². The minimum absolute atomic E-state index is 0.0592. The molecule has 1 fully saturated rings. The number of anilines is 3. The van der Waals surface area contributed by atoms with Gasteiger partial charge >= 0.3 is 0 Å². The molecule has 3 aliphatic carbocycles. The third-order valence-electron chi connectivity index (χ3n) is 12.8. The number of aromatic nitrogens is 1. The lowest BCUT2D eigenvalue weighted by atomic mass is 9.58. The van der Waals surface area contributed by atoms with E-state index in [1.165, 1.54) is 86.6 Å². The van der Waals surface area contributed by atoms with Crippen molar-refractivity contribution in [2.75, 3.05) is 4.90 Å². The van der Waals surface area contributed by atoms with Gasteiger partial charge in [-0.3, -0.25) is 0 Å². The lowest BCUT2D eigenvalue weighted by Gasteiger charge is -2.45. The Balaban J connectivity index is 1.11. The molecule has 7 aromatic carbocycles. The molecule has 3 aliphatic rings. The number of nitrogens with zero attached hydrogens (tertiary/aromatic N) is 2. The fourth-order valence-corrected chi connectivity index (χ4v) is 10.5. The van der Waals surface area contributed by atoms with Crippen LogP contribution in [0.2, 0.25) is 0 Å². The van der Waals surface area contributed by atoms with Gasteiger partial charge in [0.25, 0.3) is 0 Å². The molecule has 1 aromatic heterocycles. The maximum absolute atomic E-state index is 2.64. The molecular formula is C52H42N2. The van der Waals surface area contributed by atoms with E-state index in [9.17, 15) is 0 Å². The van der Waals surface area contributed by atoms with E-state index < -0.39 is 0 Å². The average molecular weight is 695 g/mol. The van der Waals surface area contributed by atoms with Crippen molar-refractivity contribution in [2.45, 2.75) is 38.0 Å². The van der Waals surface area contributed by atoms with E-state index in [1.54, 1.807) is 5.57 Å². The highest BCUT2D eigenvalue weighted by atomic mass is 15.1. The van der Waals surface area contributed by atoms with Crippen LogP contribution in [0.25, 0.3) is 49.7 Å². The Morgan fingerprint density at radius 1 is 0.574 bits per heavy atom. The Morgan fingerprint density at radius 2 is 1.19 bits per heavy atom. The zero-order valence-electron chi connectivity index (χ0n) is 30.6. The normalized spacial score (nSPS) is 19.8. The van der Waals surface area contributed by atoms with Gasteiger partial charge in [-0.15, -0.1) is 0 Å². The van der Waals surface area contributed by atoms with Gasteiger partial charge in [0, 0.05) is 38.8 Å². The van der Waals surface area contributed by atoms with Gasteiger partial charge in [-0.25, -0.2) is 0 Å². The first-order chi connectivity index (χ1) is 26.7. The molecule has 0 amide bonds. The van der Waals surface area contributed by atoms with Gasteiger partial charge in [0.1, 0.15) is 0 Å². The molecule has 2 nitrogen and oxygen atoms in total. The SMILES string of the molecule is CC1C=C2CC(CCC23c2ccccc2-c2c(N(c4ccc(-c5ccccc5)cc4)c4ccc(-n5c6ccccc6c6ccccc65)cc4)cccc23)C1. The molecule has 1 heterocycles. The molecule has 0 radical (unpaired) electrons. The zero-order valence-corrected chi connectivity index (χ0v) is 30.6. The van der Waals surface area contributed by atoms with Crippen LogP contribution in [0.4, 0.5) is 17.1 Å². The van der Waals surface area contributed by atoms with Crippen LogP contribution in [0.1, 0.15) is 43.7 Å². The molecule has 0 aliphatic heterocycles. The van der Waals surface area contributed by atoms with Crippen LogP contribution in [0.3, 0.4) is 0 Å². The number of hydrogen-bond acceptors (Lipinski definition) is 1. The van der Waals surface area contributed by atoms with Gasteiger partial charge in [0.2, 0.25) is 0 Å². The lowest BCUT2D eigenvalue weighted by molar-refractivity contribution is 0.284. The van der Waals surface area contributed by atoms with Gasteiger partial charge in [-0.1, -0.05) is 134 Å². The van der Waals surface area contributed by atoms with Crippen molar-refractivity contribution in [1.82, 2.24) is 4.57 Å². The molecule has 2 bridgehead atoms. The van der Waals surface area contributed by atoms with Crippen molar-refractivity contribution in [2.24, 2.45) is 11.8 Å². The second kappa shape index (κ2) is 12.2. The monoisotopic (exact) mass is 694 g/mol. The maximum atomic E-state index is 2.64. The van der Waals surface area contributed by atoms with Crippen molar-refractivity contribution < 1.29 is 0 Å². The van der Waals surface area contributed by atoms with E-state index in [4.69, 9.17) is 0 Å². The molecule has 0 saturated heterocycles. The Bertz CT molecular complexity index is 2680. The topological polar surface area (TPSA) is 8.17 Å². The van der Waals surface area contributed by atoms with E-state index >= 15 is 0 Å². The number of para-hydroxylation sites is 2. The van der Waals surface area contributed by atoms with Crippen molar-refractivity contribution in [3.63, 3.8) is 0 Å². The predicted octanol–water partition coefficient (Wildman–Crippen LogP) is 14.0. The summed E-state index contributed by atoms with van der Waals surface area (Å²) < 4.78 is 2.41. The minimum Gasteiger partial charge on any atom is -0.310 e. The number of rotatable bonds is 5. The summed E-state index contributed by atoms with van der Waals surface area (Å²) in [5, 5.41) is 2.56. The summed E-state index contributed by atoms with van der Waals surface area (Å²) in [5.41, 5.74) is 16.9. The Labute approximate surface area is 317 Å². The average Bonchev–Trinajstić information content (AvgIpc) is 3.71. The molecule has 3 atom stereocenters. The number of fused-ring (bicyclic) bond motifs is 11. The quantitative estimate of drug-likeness (QED) is 0.163. The third kappa shape index (κ3) is 4.66. The summed E-state index contributed by atoms with van der Waals surface area (Å²) in [4.78, 5) is 2.50. The van der Waals surface area contributed by atoms with Crippen LogP contribution < -0.4 is 4.90 Å². The van der Waals surface area contributed by atoms with Gasteiger partial charge in [-0.05, 0) is 120 Å². The summed E-state index contributed by atoms with van der Waals surface area (Å²) >= 11 is 0.